The normalized spacial score (nSPS) is 11.7. The lowest BCUT2D eigenvalue weighted by atomic mass is 9.98. The maximum Gasteiger partial charge on any atom is 0.0888 e. The van der Waals surface area contributed by atoms with Crippen molar-refractivity contribution in [3.05, 3.63) is 134 Å². The maximum atomic E-state index is 4.60. The van der Waals surface area contributed by atoms with Gasteiger partial charge in [-0.1, -0.05) is 78.9 Å². The fraction of sp³-hybridized carbons (Fsp3) is 0. The van der Waals surface area contributed by atoms with Crippen LogP contribution in [0.5, 0.6) is 0 Å². The van der Waals surface area contributed by atoms with Crippen LogP contribution in [-0.2, 0) is 0 Å². The van der Waals surface area contributed by atoms with E-state index in [-0.39, 0.29) is 0 Å². The molecule has 0 atom stereocenters. The van der Waals surface area contributed by atoms with Crippen LogP contribution in [0, 0.1) is 0 Å². The minimum absolute atomic E-state index is 1.09. The third kappa shape index (κ3) is 3.29. The van der Waals surface area contributed by atoms with Crippen molar-refractivity contribution in [3.8, 4) is 27.9 Å². The molecule has 3 heterocycles. The van der Waals surface area contributed by atoms with Crippen molar-refractivity contribution in [2.75, 3.05) is 0 Å². The van der Waals surface area contributed by atoms with Crippen molar-refractivity contribution < 1.29 is 0 Å². The Morgan fingerprint density at radius 3 is 1.89 bits per heavy atom. The van der Waals surface area contributed by atoms with Crippen molar-refractivity contribution in [1.82, 2.24) is 9.55 Å². The van der Waals surface area contributed by atoms with E-state index in [1.165, 1.54) is 64.5 Å². The number of rotatable bonds is 3. The van der Waals surface area contributed by atoms with E-state index in [9.17, 15) is 0 Å². The van der Waals surface area contributed by atoms with Crippen molar-refractivity contribution in [1.29, 1.82) is 0 Å². The minimum atomic E-state index is 1.09. The molecule has 0 aliphatic rings. The van der Waals surface area contributed by atoms with Gasteiger partial charge in [0.15, 0.2) is 0 Å². The van der Waals surface area contributed by atoms with E-state index in [1.54, 1.807) is 0 Å². The summed E-state index contributed by atoms with van der Waals surface area (Å²) in [6.45, 7) is 0. The van der Waals surface area contributed by atoms with Crippen LogP contribution in [-0.4, -0.2) is 9.55 Å². The fourth-order valence-electron chi connectivity index (χ4n) is 5.68. The van der Waals surface area contributed by atoms with Gasteiger partial charge in [-0.3, -0.25) is 4.98 Å². The van der Waals surface area contributed by atoms with Gasteiger partial charge in [-0.05, 0) is 70.8 Å². The summed E-state index contributed by atoms with van der Waals surface area (Å²) in [5, 5.41) is 3.79. The summed E-state index contributed by atoms with van der Waals surface area (Å²) in [4.78, 5) is 4.60. The lowest BCUT2D eigenvalue weighted by molar-refractivity contribution is 1.18. The van der Waals surface area contributed by atoms with Gasteiger partial charge in [0.1, 0.15) is 0 Å². The van der Waals surface area contributed by atoms with Gasteiger partial charge in [0.25, 0.3) is 0 Å². The van der Waals surface area contributed by atoms with Crippen LogP contribution in [0.1, 0.15) is 0 Å². The molecule has 0 bridgehead atoms. The first-order valence-corrected chi connectivity index (χ1v) is 13.6. The number of hydrogen-bond donors (Lipinski definition) is 0. The number of hydrogen-bond acceptors (Lipinski definition) is 2. The Balaban J connectivity index is 1.24. The zero-order valence-electron chi connectivity index (χ0n) is 20.5. The molecule has 0 saturated carbocycles. The average molecular weight is 503 g/mol. The second-order valence-corrected chi connectivity index (χ2v) is 10.7. The molecule has 0 saturated heterocycles. The number of aromatic nitrogens is 2. The molecule has 3 aromatic heterocycles. The van der Waals surface area contributed by atoms with Crippen LogP contribution >= 0.6 is 11.3 Å². The van der Waals surface area contributed by atoms with Crippen LogP contribution in [0.3, 0.4) is 0 Å². The third-order valence-electron chi connectivity index (χ3n) is 7.44. The van der Waals surface area contributed by atoms with E-state index in [0.717, 1.165) is 5.52 Å². The number of nitrogens with zero attached hydrogens (tertiary/aromatic N) is 2. The predicted molar refractivity (Wildman–Crippen MR) is 162 cm³/mol. The molecule has 2 nitrogen and oxygen atoms in total. The molecule has 8 aromatic rings. The lowest BCUT2D eigenvalue weighted by Crippen LogP contribution is -1.94. The van der Waals surface area contributed by atoms with Gasteiger partial charge >= 0.3 is 0 Å². The molecule has 0 unspecified atom stereocenters. The summed E-state index contributed by atoms with van der Waals surface area (Å²) < 4.78 is 4.88. The zero-order chi connectivity index (χ0) is 25.1. The van der Waals surface area contributed by atoms with Crippen LogP contribution in [0.25, 0.3) is 70.0 Å². The first kappa shape index (κ1) is 21.4. The molecule has 0 fully saturated rings. The average Bonchev–Trinajstić information content (AvgIpc) is 3.53. The molecule has 0 N–H and O–H groups in total. The summed E-state index contributed by atoms with van der Waals surface area (Å²) >= 11 is 1.81. The number of pyridine rings is 1. The van der Waals surface area contributed by atoms with E-state index in [4.69, 9.17) is 0 Å². The van der Waals surface area contributed by atoms with Gasteiger partial charge in [-0.2, -0.15) is 0 Å². The second kappa shape index (κ2) is 8.41. The summed E-state index contributed by atoms with van der Waals surface area (Å²) in [5.41, 5.74) is 9.58. The molecular formula is C35H22N2S. The maximum absolute atomic E-state index is 4.60. The summed E-state index contributed by atoms with van der Waals surface area (Å²) in [5.74, 6) is 0. The molecule has 38 heavy (non-hydrogen) atoms. The summed E-state index contributed by atoms with van der Waals surface area (Å²) in [6.07, 6.45) is 1.87. The highest BCUT2D eigenvalue weighted by atomic mass is 32.1. The quantitative estimate of drug-likeness (QED) is 0.235. The topological polar surface area (TPSA) is 17.8 Å². The molecule has 0 spiro atoms. The largest absolute Gasteiger partial charge is 0.309 e. The molecule has 0 radical (unpaired) electrons. The molecule has 178 valence electrons. The third-order valence-corrected chi connectivity index (χ3v) is 8.55. The van der Waals surface area contributed by atoms with Crippen LogP contribution < -0.4 is 0 Å². The Morgan fingerprint density at radius 1 is 0.474 bits per heavy atom. The molecular weight excluding hydrogens is 480 g/mol. The molecule has 8 rings (SSSR count). The first-order chi connectivity index (χ1) is 18.8. The predicted octanol–water partition coefficient (Wildman–Crippen LogP) is 9.88. The van der Waals surface area contributed by atoms with E-state index >= 15 is 0 Å². The monoisotopic (exact) mass is 502 g/mol. The van der Waals surface area contributed by atoms with Crippen LogP contribution in [0.15, 0.2) is 134 Å². The SMILES string of the molecule is c1cc(-c2cccc(-n3c4ccccc4c4ccccc43)c2)cc(-c2ccc3c(c2)sc2cccnc23)c1. The summed E-state index contributed by atoms with van der Waals surface area (Å²) in [7, 11) is 0. The second-order valence-electron chi connectivity index (χ2n) is 9.66. The van der Waals surface area contributed by atoms with Gasteiger partial charge in [0.2, 0.25) is 0 Å². The van der Waals surface area contributed by atoms with Gasteiger partial charge in [-0.15, -0.1) is 11.3 Å². The van der Waals surface area contributed by atoms with E-state index in [1.807, 2.05) is 23.6 Å². The fourth-order valence-corrected chi connectivity index (χ4v) is 6.78. The van der Waals surface area contributed by atoms with Crippen molar-refractivity contribution >= 4 is 53.4 Å². The van der Waals surface area contributed by atoms with E-state index in [2.05, 4.69) is 131 Å². The lowest BCUT2D eigenvalue weighted by Gasteiger charge is -2.11. The molecule has 3 heteroatoms. The number of benzene rings is 5. The van der Waals surface area contributed by atoms with Crippen LogP contribution in [0.4, 0.5) is 0 Å². The van der Waals surface area contributed by atoms with Gasteiger partial charge in [0, 0.05) is 32.7 Å². The van der Waals surface area contributed by atoms with Crippen LogP contribution in [0.2, 0.25) is 0 Å². The zero-order valence-corrected chi connectivity index (χ0v) is 21.3. The Kier molecular flexibility index (Phi) is 4.73. The molecule has 0 aliphatic heterocycles. The number of para-hydroxylation sites is 2. The Hall–Kier alpha value is -4.73. The minimum Gasteiger partial charge on any atom is -0.309 e. The molecule has 0 aliphatic carbocycles. The smallest absolute Gasteiger partial charge is 0.0888 e. The van der Waals surface area contributed by atoms with Gasteiger partial charge in [0.05, 0.1) is 21.3 Å². The van der Waals surface area contributed by atoms with E-state index < -0.39 is 0 Å². The van der Waals surface area contributed by atoms with Crippen molar-refractivity contribution in [2.24, 2.45) is 0 Å². The first-order valence-electron chi connectivity index (χ1n) is 12.8. The highest BCUT2D eigenvalue weighted by Gasteiger charge is 2.13. The van der Waals surface area contributed by atoms with Gasteiger partial charge < -0.3 is 4.57 Å². The van der Waals surface area contributed by atoms with Crippen molar-refractivity contribution in [2.45, 2.75) is 0 Å². The van der Waals surface area contributed by atoms with E-state index in [0.29, 0.717) is 0 Å². The Labute approximate surface area is 224 Å². The molecule has 5 aromatic carbocycles. The number of fused-ring (bicyclic) bond motifs is 6. The summed E-state index contributed by atoms with van der Waals surface area (Å²) in [6, 6.07) is 46.0. The van der Waals surface area contributed by atoms with Crippen molar-refractivity contribution in [3.63, 3.8) is 0 Å². The molecule has 0 amide bonds. The Morgan fingerprint density at radius 2 is 1.13 bits per heavy atom. The standard InChI is InChI=1S/C35H22N2S/c1-3-14-31-28(12-1)29-13-2-4-15-32(29)37(31)27-11-6-10-25(21-27)23-8-5-9-24(20-23)26-17-18-30-34(22-26)38-33-16-7-19-36-35(30)33/h1-22H. The number of thiophene rings is 1. The Bertz CT molecular complexity index is 2090. The van der Waals surface area contributed by atoms with Gasteiger partial charge in [-0.25, -0.2) is 0 Å². The highest BCUT2D eigenvalue weighted by molar-refractivity contribution is 7.25. The highest BCUT2D eigenvalue weighted by Crippen LogP contribution is 2.37.